The van der Waals surface area contributed by atoms with Crippen molar-refractivity contribution in [3.8, 4) is 5.88 Å². The maximum Gasteiger partial charge on any atom is 0.287 e. The summed E-state index contributed by atoms with van der Waals surface area (Å²) in [5.74, 6) is 0.195. The molecule has 12 heavy (non-hydrogen) atoms. The molecule has 5 nitrogen and oxygen atoms in total. The predicted octanol–water partition coefficient (Wildman–Crippen LogP) is -0.208. The van der Waals surface area contributed by atoms with E-state index in [0.717, 1.165) is 6.20 Å². The van der Waals surface area contributed by atoms with Crippen LogP contribution in [0.5, 0.6) is 5.88 Å². The van der Waals surface area contributed by atoms with Crippen LogP contribution in [0.15, 0.2) is 12.3 Å². The molecule has 2 radical (unpaired) electrons. The molecule has 6 heteroatoms. The maximum atomic E-state index is 10.2. The maximum absolute atomic E-state index is 10.2. The molecule has 0 aromatic carbocycles. The Morgan fingerprint density at radius 3 is 2.83 bits per heavy atom. The molecule has 0 saturated carbocycles. The second-order valence-electron chi connectivity index (χ2n) is 2.05. The van der Waals surface area contributed by atoms with E-state index in [1.165, 1.54) is 13.2 Å². The van der Waals surface area contributed by atoms with Crippen LogP contribution >= 0.6 is 0 Å². The lowest BCUT2D eigenvalue weighted by Crippen LogP contribution is -2.10. The van der Waals surface area contributed by atoms with E-state index in [-0.39, 0.29) is 17.0 Å². The van der Waals surface area contributed by atoms with Crippen LogP contribution in [0, 0.1) is 10.1 Å². The third-order valence-electron chi connectivity index (χ3n) is 1.27. The van der Waals surface area contributed by atoms with Crippen LogP contribution in [-0.2, 0) is 0 Å². The van der Waals surface area contributed by atoms with E-state index in [1.807, 2.05) is 0 Å². The second-order valence-corrected chi connectivity index (χ2v) is 2.05. The number of rotatable bonds is 2. The normalized spacial score (nSPS) is 9.42. The van der Waals surface area contributed by atoms with Gasteiger partial charge in [0.05, 0.1) is 12.0 Å². The Morgan fingerprint density at radius 1 is 1.75 bits per heavy atom. The Bertz CT molecular complexity index is 316. The van der Waals surface area contributed by atoms with Gasteiger partial charge in [0.15, 0.2) is 0 Å². The molecule has 60 valence electrons. The summed E-state index contributed by atoms with van der Waals surface area (Å²) in [6, 6.07) is 1.20. The highest BCUT2D eigenvalue weighted by Gasteiger charge is 2.08. The first-order valence-electron chi connectivity index (χ1n) is 3.09. The van der Waals surface area contributed by atoms with E-state index in [1.54, 1.807) is 0 Å². The summed E-state index contributed by atoms with van der Waals surface area (Å²) in [7, 11) is 6.77. The average Bonchev–Trinajstić information content (AvgIpc) is 2.04. The fraction of sp³-hybridized carbons (Fsp3) is 0.167. The van der Waals surface area contributed by atoms with E-state index < -0.39 is 4.92 Å². The Labute approximate surface area is 69.9 Å². The van der Waals surface area contributed by atoms with Crippen molar-refractivity contribution >= 4 is 19.0 Å². The van der Waals surface area contributed by atoms with Gasteiger partial charge < -0.3 is 4.74 Å². The lowest BCUT2D eigenvalue weighted by molar-refractivity contribution is -0.385. The van der Waals surface area contributed by atoms with Gasteiger partial charge >= 0.3 is 0 Å². The molecule has 0 N–H and O–H groups in total. The molecule has 0 atom stereocenters. The summed E-state index contributed by atoms with van der Waals surface area (Å²) in [4.78, 5) is 13.3. The first-order valence-corrected chi connectivity index (χ1v) is 3.09. The fourth-order valence-corrected chi connectivity index (χ4v) is 0.728. The molecule has 0 unspecified atom stereocenters. The largest absolute Gasteiger partial charge is 0.481 e. The van der Waals surface area contributed by atoms with Gasteiger partial charge in [0, 0.05) is 6.07 Å². The average molecular weight is 164 g/mol. The third kappa shape index (κ3) is 1.53. The van der Waals surface area contributed by atoms with Crippen molar-refractivity contribution < 1.29 is 9.66 Å². The van der Waals surface area contributed by atoms with Crippen LogP contribution in [0.4, 0.5) is 5.69 Å². The first kappa shape index (κ1) is 8.51. The summed E-state index contributed by atoms with van der Waals surface area (Å²) in [6.45, 7) is 0. The predicted molar refractivity (Wildman–Crippen MR) is 42.8 cm³/mol. The molecule has 0 bridgehead atoms. The van der Waals surface area contributed by atoms with Crippen LogP contribution < -0.4 is 10.2 Å². The van der Waals surface area contributed by atoms with Crippen molar-refractivity contribution in [2.75, 3.05) is 7.11 Å². The van der Waals surface area contributed by atoms with Gasteiger partial charge in [-0.05, 0) is 5.46 Å². The number of nitro groups is 1. The van der Waals surface area contributed by atoms with Crippen LogP contribution in [0.1, 0.15) is 0 Å². The van der Waals surface area contributed by atoms with Gasteiger partial charge in [-0.15, -0.1) is 0 Å². The Hall–Kier alpha value is -1.59. The van der Waals surface area contributed by atoms with Gasteiger partial charge in [-0.1, -0.05) is 0 Å². The van der Waals surface area contributed by atoms with Crippen molar-refractivity contribution in [1.29, 1.82) is 0 Å². The lowest BCUT2D eigenvalue weighted by atomic mass is 9.97. The van der Waals surface area contributed by atoms with E-state index in [2.05, 4.69) is 4.98 Å². The number of hydrogen-bond donors (Lipinski definition) is 0. The van der Waals surface area contributed by atoms with Crippen LogP contribution in [0.2, 0.25) is 0 Å². The molecule has 0 aliphatic carbocycles. The smallest absolute Gasteiger partial charge is 0.287 e. The monoisotopic (exact) mass is 164 g/mol. The molecule has 0 fully saturated rings. The number of pyridine rings is 1. The Kier molecular flexibility index (Phi) is 2.28. The van der Waals surface area contributed by atoms with Crippen molar-refractivity contribution in [3.63, 3.8) is 0 Å². The number of methoxy groups -OCH3 is 1. The van der Waals surface area contributed by atoms with Crippen molar-refractivity contribution in [3.05, 3.63) is 22.4 Å². The topological polar surface area (TPSA) is 65.3 Å². The summed E-state index contributed by atoms with van der Waals surface area (Å²) in [5, 5.41) is 10.2. The highest BCUT2D eigenvalue weighted by molar-refractivity contribution is 6.34. The van der Waals surface area contributed by atoms with Gasteiger partial charge in [-0.3, -0.25) is 10.1 Å². The van der Waals surface area contributed by atoms with Crippen molar-refractivity contribution in [2.24, 2.45) is 0 Å². The first-order chi connectivity index (χ1) is 5.65. The van der Waals surface area contributed by atoms with Crippen LogP contribution in [-0.4, -0.2) is 24.9 Å². The Balaban J connectivity index is 3.10. The van der Waals surface area contributed by atoms with E-state index in [4.69, 9.17) is 12.6 Å². The highest BCUT2D eigenvalue weighted by Crippen LogP contribution is 2.09. The molecule has 1 aromatic rings. The standard InChI is InChI=1S/C6H5BN2O3/c1-12-6-5(7)2-4(3-8-6)9(10)11/h2-3H,1H3. The van der Waals surface area contributed by atoms with E-state index in [0.29, 0.717) is 0 Å². The van der Waals surface area contributed by atoms with Gasteiger partial charge in [0.25, 0.3) is 5.69 Å². The van der Waals surface area contributed by atoms with Crippen molar-refractivity contribution in [1.82, 2.24) is 4.98 Å². The summed E-state index contributed by atoms with van der Waals surface area (Å²) in [6.07, 6.45) is 1.09. The van der Waals surface area contributed by atoms with Gasteiger partial charge in [-0.2, -0.15) is 0 Å². The van der Waals surface area contributed by atoms with Gasteiger partial charge in [0.2, 0.25) is 5.88 Å². The van der Waals surface area contributed by atoms with Gasteiger partial charge in [-0.25, -0.2) is 4.98 Å². The second kappa shape index (κ2) is 3.21. The molecule has 1 rings (SSSR count). The molecular weight excluding hydrogens is 159 g/mol. The van der Waals surface area contributed by atoms with E-state index >= 15 is 0 Å². The minimum Gasteiger partial charge on any atom is -0.481 e. The summed E-state index contributed by atoms with van der Waals surface area (Å²) < 4.78 is 4.72. The Morgan fingerprint density at radius 2 is 2.42 bits per heavy atom. The zero-order valence-electron chi connectivity index (χ0n) is 6.35. The summed E-state index contributed by atoms with van der Waals surface area (Å²) in [5.41, 5.74) is 0.0139. The minimum atomic E-state index is -0.567. The molecule has 0 saturated heterocycles. The SMILES string of the molecule is [B]c1cc([N+](=O)[O-])cnc1OC. The molecule has 0 aliphatic rings. The van der Waals surface area contributed by atoms with Gasteiger partial charge in [0.1, 0.15) is 14.0 Å². The molecule has 1 heterocycles. The number of ether oxygens (including phenoxy) is 1. The lowest BCUT2D eigenvalue weighted by Gasteiger charge is -2.01. The quantitative estimate of drug-likeness (QED) is 0.344. The molecule has 1 aromatic heterocycles. The van der Waals surface area contributed by atoms with E-state index in [9.17, 15) is 10.1 Å². The number of hydrogen-bond acceptors (Lipinski definition) is 4. The number of nitrogens with zero attached hydrogens (tertiary/aromatic N) is 2. The number of aromatic nitrogens is 1. The molecule has 0 amide bonds. The zero-order valence-corrected chi connectivity index (χ0v) is 6.35. The minimum absolute atomic E-state index is 0.145. The highest BCUT2D eigenvalue weighted by atomic mass is 16.6. The third-order valence-corrected chi connectivity index (χ3v) is 1.27. The molecule has 0 spiro atoms. The zero-order chi connectivity index (χ0) is 9.14. The van der Waals surface area contributed by atoms with Crippen molar-refractivity contribution in [2.45, 2.75) is 0 Å². The molecule has 0 aliphatic heterocycles. The molecular formula is C6H5BN2O3. The van der Waals surface area contributed by atoms with Crippen LogP contribution in [0.3, 0.4) is 0 Å². The fourth-order valence-electron chi connectivity index (χ4n) is 0.728. The summed E-state index contributed by atoms with van der Waals surface area (Å²) >= 11 is 0. The van der Waals surface area contributed by atoms with Crippen LogP contribution in [0.25, 0.3) is 0 Å².